The van der Waals surface area contributed by atoms with Crippen molar-refractivity contribution in [3.8, 4) is 0 Å². The standard InChI is InChI=1S/C12H21N5OS/c1-5-7-17-10(8-13)14-15-12(17)19-9(6-2)11(18)16(3)4/h5,9H,1,6-8,13H2,2-4H3. The maximum Gasteiger partial charge on any atom is 0.235 e. The molecule has 1 heterocycles. The molecule has 1 aromatic heterocycles. The van der Waals surface area contributed by atoms with Gasteiger partial charge in [-0.1, -0.05) is 24.8 Å². The quantitative estimate of drug-likeness (QED) is 0.594. The van der Waals surface area contributed by atoms with Gasteiger partial charge in [-0.2, -0.15) is 0 Å². The minimum Gasteiger partial charge on any atom is -0.348 e. The van der Waals surface area contributed by atoms with Crippen LogP contribution in [0.25, 0.3) is 0 Å². The average molecular weight is 283 g/mol. The number of carbonyl (C=O) groups excluding carboxylic acids is 1. The second-order valence-corrected chi connectivity index (χ2v) is 5.42. The van der Waals surface area contributed by atoms with Crippen LogP contribution in [0, 0.1) is 0 Å². The molecular weight excluding hydrogens is 262 g/mol. The summed E-state index contributed by atoms with van der Waals surface area (Å²) in [7, 11) is 3.51. The fourth-order valence-corrected chi connectivity index (χ4v) is 2.72. The van der Waals surface area contributed by atoms with Crippen molar-refractivity contribution in [1.29, 1.82) is 0 Å². The molecule has 1 amide bonds. The third-order valence-electron chi connectivity index (χ3n) is 2.62. The van der Waals surface area contributed by atoms with Gasteiger partial charge in [-0.25, -0.2) is 0 Å². The second-order valence-electron chi connectivity index (χ2n) is 4.25. The number of hydrogen-bond acceptors (Lipinski definition) is 5. The predicted molar refractivity (Wildman–Crippen MR) is 76.7 cm³/mol. The van der Waals surface area contributed by atoms with Crippen LogP contribution in [0.15, 0.2) is 17.8 Å². The van der Waals surface area contributed by atoms with Crippen molar-refractivity contribution in [2.45, 2.75) is 36.8 Å². The number of carbonyl (C=O) groups is 1. The van der Waals surface area contributed by atoms with Crippen molar-refractivity contribution in [3.05, 3.63) is 18.5 Å². The number of hydrogen-bond donors (Lipinski definition) is 1. The van der Waals surface area contributed by atoms with Gasteiger partial charge in [0.25, 0.3) is 0 Å². The number of aromatic nitrogens is 3. The third kappa shape index (κ3) is 3.81. The van der Waals surface area contributed by atoms with Crippen LogP contribution in [0.1, 0.15) is 19.2 Å². The Kier molecular flexibility index (Phi) is 6.04. The Morgan fingerprint density at radius 3 is 2.74 bits per heavy atom. The summed E-state index contributed by atoms with van der Waals surface area (Å²) in [5.74, 6) is 0.782. The first kappa shape index (κ1) is 15.7. The molecule has 1 aromatic rings. The van der Waals surface area contributed by atoms with E-state index in [-0.39, 0.29) is 11.2 Å². The van der Waals surface area contributed by atoms with E-state index in [4.69, 9.17) is 5.73 Å². The molecule has 0 aliphatic carbocycles. The molecule has 7 heteroatoms. The van der Waals surface area contributed by atoms with Crippen molar-refractivity contribution in [3.63, 3.8) is 0 Å². The molecule has 19 heavy (non-hydrogen) atoms. The Labute approximate surface area is 118 Å². The second kappa shape index (κ2) is 7.30. The Hall–Kier alpha value is -1.34. The van der Waals surface area contributed by atoms with Crippen LogP contribution < -0.4 is 5.73 Å². The van der Waals surface area contributed by atoms with E-state index in [1.807, 2.05) is 11.5 Å². The zero-order valence-electron chi connectivity index (χ0n) is 11.7. The van der Waals surface area contributed by atoms with Gasteiger partial charge in [0.2, 0.25) is 5.91 Å². The van der Waals surface area contributed by atoms with E-state index in [1.54, 1.807) is 25.1 Å². The molecule has 1 unspecified atom stereocenters. The number of nitrogens with two attached hydrogens (primary N) is 1. The summed E-state index contributed by atoms with van der Waals surface area (Å²) >= 11 is 1.42. The summed E-state index contributed by atoms with van der Waals surface area (Å²) < 4.78 is 1.89. The molecular formula is C12H21N5OS. The summed E-state index contributed by atoms with van der Waals surface area (Å²) in [6.45, 7) is 6.61. The van der Waals surface area contributed by atoms with Gasteiger partial charge in [0, 0.05) is 20.6 Å². The normalized spacial score (nSPS) is 12.2. The Bertz CT molecular complexity index is 443. The first-order valence-corrected chi connectivity index (χ1v) is 7.03. The average Bonchev–Trinajstić information content (AvgIpc) is 2.77. The lowest BCUT2D eigenvalue weighted by Crippen LogP contribution is -2.31. The molecule has 0 saturated carbocycles. The van der Waals surface area contributed by atoms with Crippen LogP contribution in [0.5, 0.6) is 0 Å². The highest BCUT2D eigenvalue weighted by Crippen LogP contribution is 2.25. The van der Waals surface area contributed by atoms with Gasteiger partial charge in [0.05, 0.1) is 11.8 Å². The predicted octanol–water partition coefficient (Wildman–Crippen LogP) is 0.882. The SMILES string of the molecule is C=CCn1c(CN)nnc1SC(CC)C(=O)N(C)C. The van der Waals surface area contributed by atoms with Crippen molar-refractivity contribution in [2.24, 2.45) is 5.73 Å². The van der Waals surface area contributed by atoms with Gasteiger partial charge >= 0.3 is 0 Å². The smallest absolute Gasteiger partial charge is 0.235 e. The van der Waals surface area contributed by atoms with E-state index < -0.39 is 0 Å². The van der Waals surface area contributed by atoms with E-state index in [2.05, 4.69) is 16.8 Å². The minimum atomic E-state index is -0.159. The topological polar surface area (TPSA) is 77.0 Å². The van der Waals surface area contributed by atoms with Crippen LogP contribution in [0.2, 0.25) is 0 Å². The number of amides is 1. The number of allylic oxidation sites excluding steroid dienone is 1. The van der Waals surface area contributed by atoms with Crippen molar-refractivity contribution < 1.29 is 4.79 Å². The lowest BCUT2D eigenvalue weighted by Gasteiger charge is -2.18. The molecule has 0 bridgehead atoms. The first-order chi connectivity index (χ1) is 9.04. The molecule has 1 rings (SSSR count). The van der Waals surface area contributed by atoms with Gasteiger partial charge in [0.15, 0.2) is 5.16 Å². The fraction of sp³-hybridized carbons (Fsp3) is 0.583. The summed E-state index contributed by atoms with van der Waals surface area (Å²) in [5.41, 5.74) is 5.62. The molecule has 0 aliphatic heterocycles. The minimum absolute atomic E-state index is 0.0787. The Morgan fingerprint density at radius 1 is 1.58 bits per heavy atom. The summed E-state index contributed by atoms with van der Waals surface area (Å²) in [4.78, 5) is 13.6. The summed E-state index contributed by atoms with van der Waals surface area (Å²) in [6.07, 6.45) is 2.50. The molecule has 0 spiro atoms. The van der Waals surface area contributed by atoms with Gasteiger partial charge in [-0.3, -0.25) is 4.79 Å². The molecule has 0 radical (unpaired) electrons. The lowest BCUT2D eigenvalue weighted by molar-refractivity contribution is -0.128. The first-order valence-electron chi connectivity index (χ1n) is 6.15. The number of thioether (sulfide) groups is 1. The Morgan fingerprint density at radius 2 is 2.26 bits per heavy atom. The van der Waals surface area contributed by atoms with Crippen LogP contribution in [-0.4, -0.2) is 44.9 Å². The Balaban J connectivity index is 2.93. The molecule has 6 nitrogen and oxygen atoms in total. The number of nitrogens with zero attached hydrogens (tertiary/aromatic N) is 4. The van der Waals surface area contributed by atoms with Crippen LogP contribution >= 0.6 is 11.8 Å². The van der Waals surface area contributed by atoms with Gasteiger partial charge < -0.3 is 15.2 Å². The molecule has 106 valence electrons. The monoisotopic (exact) mass is 283 g/mol. The molecule has 0 fully saturated rings. The van der Waals surface area contributed by atoms with Crippen molar-refractivity contribution in [1.82, 2.24) is 19.7 Å². The molecule has 0 saturated heterocycles. The molecule has 1 atom stereocenters. The maximum absolute atomic E-state index is 12.0. The van der Waals surface area contributed by atoms with E-state index in [0.29, 0.717) is 24.1 Å². The van der Waals surface area contributed by atoms with E-state index in [9.17, 15) is 4.79 Å². The summed E-state index contributed by atoms with van der Waals surface area (Å²) in [5, 5.41) is 8.70. The van der Waals surface area contributed by atoms with E-state index >= 15 is 0 Å². The maximum atomic E-state index is 12.0. The highest BCUT2D eigenvalue weighted by atomic mass is 32.2. The van der Waals surface area contributed by atoms with E-state index in [1.165, 1.54) is 11.8 Å². The number of rotatable bonds is 7. The van der Waals surface area contributed by atoms with Crippen LogP contribution in [0.4, 0.5) is 0 Å². The largest absolute Gasteiger partial charge is 0.348 e. The highest BCUT2D eigenvalue weighted by molar-refractivity contribution is 8.00. The highest BCUT2D eigenvalue weighted by Gasteiger charge is 2.23. The lowest BCUT2D eigenvalue weighted by atomic mass is 10.3. The van der Waals surface area contributed by atoms with E-state index in [0.717, 1.165) is 6.42 Å². The van der Waals surface area contributed by atoms with Gasteiger partial charge in [-0.15, -0.1) is 16.8 Å². The fourth-order valence-electron chi connectivity index (χ4n) is 1.59. The van der Waals surface area contributed by atoms with Crippen LogP contribution in [-0.2, 0) is 17.9 Å². The van der Waals surface area contributed by atoms with Gasteiger partial charge in [0.1, 0.15) is 5.82 Å². The van der Waals surface area contributed by atoms with Gasteiger partial charge in [-0.05, 0) is 6.42 Å². The van der Waals surface area contributed by atoms with Crippen LogP contribution in [0.3, 0.4) is 0 Å². The zero-order chi connectivity index (χ0) is 14.4. The zero-order valence-corrected chi connectivity index (χ0v) is 12.5. The van der Waals surface area contributed by atoms with Crippen molar-refractivity contribution >= 4 is 17.7 Å². The summed E-state index contributed by atoms with van der Waals surface area (Å²) in [6, 6.07) is 0. The molecule has 0 aliphatic rings. The molecule has 2 N–H and O–H groups in total. The third-order valence-corrected chi connectivity index (χ3v) is 3.95. The molecule has 0 aromatic carbocycles. The van der Waals surface area contributed by atoms with Crippen molar-refractivity contribution in [2.75, 3.05) is 14.1 Å².